The highest BCUT2D eigenvalue weighted by Crippen LogP contribution is 2.59. The Labute approximate surface area is 96.5 Å². The van der Waals surface area contributed by atoms with E-state index in [2.05, 4.69) is 13.8 Å². The van der Waals surface area contributed by atoms with Crippen molar-refractivity contribution >= 4 is 11.8 Å². The second-order valence-electron chi connectivity index (χ2n) is 6.10. The predicted molar refractivity (Wildman–Crippen MR) is 64.0 cm³/mol. The number of aliphatic hydroxyl groups excluding tert-OH is 1. The molecule has 1 aliphatic heterocycles. The van der Waals surface area contributed by atoms with Gasteiger partial charge in [-0.3, -0.25) is 0 Å². The average Bonchev–Trinajstić information content (AvgIpc) is 2.15. The smallest absolute Gasteiger partial charge is 0.0736 e. The van der Waals surface area contributed by atoms with Crippen LogP contribution in [0, 0.1) is 10.8 Å². The molecule has 0 atom stereocenters. The van der Waals surface area contributed by atoms with Gasteiger partial charge in [-0.1, -0.05) is 13.8 Å². The Hall–Kier alpha value is 0.270. The van der Waals surface area contributed by atoms with Crippen molar-refractivity contribution in [3.05, 3.63) is 0 Å². The molecule has 2 rings (SSSR count). The van der Waals surface area contributed by atoms with Crippen molar-refractivity contribution < 1.29 is 10.2 Å². The fourth-order valence-corrected chi connectivity index (χ4v) is 4.71. The van der Waals surface area contributed by atoms with Gasteiger partial charge in [-0.05, 0) is 42.6 Å². The first-order valence-electron chi connectivity index (χ1n) is 5.84. The summed E-state index contributed by atoms with van der Waals surface area (Å²) in [5, 5.41) is 20.3. The Morgan fingerprint density at radius 1 is 1.13 bits per heavy atom. The molecule has 2 N–H and O–H groups in total. The van der Waals surface area contributed by atoms with Crippen molar-refractivity contribution in [3.63, 3.8) is 0 Å². The fraction of sp³-hybridized carbons (Fsp3) is 1.00. The maximum Gasteiger partial charge on any atom is 0.0736 e. The Bertz CT molecular complexity index is 236. The summed E-state index contributed by atoms with van der Waals surface area (Å²) in [7, 11) is 0. The molecule has 15 heavy (non-hydrogen) atoms. The average molecular weight is 230 g/mol. The zero-order valence-corrected chi connectivity index (χ0v) is 10.6. The van der Waals surface area contributed by atoms with Gasteiger partial charge in [0.25, 0.3) is 0 Å². The highest BCUT2D eigenvalue weighted by Gasteiger charge is 2.59. The summed E-state index contributed by atoms with van der Waals surface area (Å²) < 4.78 is 0. The third-order valence-corrected chi connectivity index (χ3v) is 5.27. The Balaban J connectivity index is 2.12. The first-order valence-corrected chi connectivity index (χ1v) is 7.00. The number of hydrogen-bond acceptors (Lipinski definition) is 3. The van der Waals surface area contributed by atoms with E-state index in [1.54, 1.807) is 0 Å². The Morgan fingerprint density at radius 3 is 2.07 bits per heavy atom. The maximum absolute atomic E-state index is 10.7. The Morgan fingerprint density at radius 2 is 1.67 bits per heavy atom. The van der Waals surface area contributed by atoms with Gasteiger partial charge in [0.2, 0.25) is 0 Å². The molecule has 88 valence electrons. The van der Waals surface area contributed by atoms with Crippen molar-refractivity contribution in [2.24, 2.45) is 10.8 Å². The maximum atomic E-state index is 10.7. The summed E-state index contributed by atoms with van der Waals surface area (Å²) in [4.78, 5) is 0. The van der Waals surface area contributed by atoms with E-state index in [4.69, 9.17) is 0 Å². The molecule has 0 bridgehead atoms. The van der Waals surface area contributed by atoms with Gasteiger partial charge in [-0.2, -0.15) is 11.8 Å². The first-order chi connectivity index (χ1) is 6.93. The molecule has 0 aromatic rings. The van der Waals surface area contributed by atoms with Crippen molar-refractivity contribution in [1.82, 2.24) is 0 Å². The van der Waals surface area contributed by atoms with Crippen LogP contribution in [-0.4, -0.2) is 33.9 Å². The van der Waals surface area contributed by atoms with Gasteiger partial charge in [-0.25, -0.2) is 0 Å². The standard InChI is InChI=1S/C12H22O2S/c1-10(2)7-12(14,8-10)11(9-13)3-5-15-6-4-11/h13-14H,3-9H2,1-2H3. The summed E-state index contributed by atoms with van der Waals surface area (Å²) in [5.41, 5.74) is -0.526. The highest BCUT2D eigenvalue weighted by atomic mass is 32.2. The summed E-state index contributed by atoms with van der Waals surface area (Å²) in [6.45, 7) is 4.55. The lowest BCUT2D eigenvalue weighted by atomic mass is 9.50. The molecule has 0 radical (unpaired) electrons. The zero-order chi connectivity index (χ0) is 11.2. The molecule has 3 heteroatoms. The summed E-state index contributed by atoms with van der Waals surface area (Å²) >= 11 is 1.94. The monoisotopic (exact) mass is 230 g/mol. The van der Waals surface area contributed by atoms with Crippen molar-refractivity contribution in [2.45, 2.75) is 45.1 Å². The van der Waals surface area contributed by atoms with Gasteiger partial charge in [0.05, 0.1) is 12.2 Å². The van der Waals surface area contributed by atoms with Gasteiger partial charge in [-0.15, -0.1) is 0 Å². The molecule has 0 aromatic carbocycles. The third kappa shape index (κ3) is 1.83. The van der Waals surface area contributed by atoms with Gasteiger partial charge >= 0.3 is 0 Å². The van der Waals surface area contributed by atoms with E-state index in [9.17, 15) is 10.2 Å². The van der Waals surface area contributed by atoms with Crippen molar-refractivity contribution in [3.8, 4) is 0 Å². The van der Waals surface area contributed by atoms with Gasteiger partial charge in [0.1, 0.15) is 0 Å². The third-order valence-electron chi connectivity index (χ3n) is 4.28. The molecular weight excluding hydrogens is 208 g/mol. The van der Waals surface area contributed by atoms with Crippen LogP contribution in [-0.2, 0) is 0 Å². The first kappa shape index (κ1) is 11.7. The number of hydrogen-bond donors (Lipinski definition) is 2. The molecule has 1 saturated heterocycles. The van der Waals surface area contributed by atoms with Crippen LogP contribution >= 0.6 is 11.8 Å². The lowest BCUT2D eigenvalue weighted by Gasteiger charge is -2.60. The zero-order valence-electron chi connectivity index (χ0n) is 9.75. The molecule has 0 aromatic heterocycles. The molecule has 1 aliphatic carbocycles. The van der Waals surface area contributed by atoms with Gasteiger partial charge in [0, 0.05) is 5.41 Å². The second kappa shape index (κ2) is 3.64. The van der Waals surface area contributed by atoms with Crippen LogP contribution < -0.4 is 0 Å². The van der Waals surface area contributed by atoms with E-state index in [0.29, 0.717) is 0 Å². The number of aliphatic hydroxyl groups is 2. The molecule has 0 unspecified atom stereocenters. The van der Waals surface area contributed by atoms with E-state index >= 15 is 0 Å². The van der Waals surface area contributed by atoms with Gasteiger partial charge in [0.15, 0.2) is 0 Å². The summed E-state index contributed by atoms with van der Waals surface area (Å²) in [6, 6.07) is 0. The summed E-state index contributed by atoms with van der Waals surface area (Å²) in [6.07, 6.45) is 3.65. The summed E-state index contributed by atoms with van der Waals surface area (Å²) in [5.74, 6) is 2.17. The minimum Gasteiger partial charge on any atom is -0.396 e. The lowest BCUT2D eigenvalue weighted by Crippen LogP contribution is -2.62. The molecule has 1 heterocycles. The second-order valence-corrected chi connectivity index (χ2v) is 7.32. The van der Waals surface area contributed by atoms with Crippen LogP contribution in [0.25, 0.3) is 0 Å². The number of thioether (sulfide) groups is 1. The topological polar surface area (TPSA) is 40.5 Å². The predicted octanol–water partition coefficient (Wildman–Crippen LogP) is 2.04. The lowest BCUT2D eigenvalue weighted by molar-refractivity contribution is -0.209. The fourth-order valence-electron chi connectivity index (χ4n) is 3.44. The minimum absolute atomic E-state index is 0.153. The largest absolute Gasteiger partial charge is 0.396 e. The van der Waals surface area contributed by atoms with Crippen molar-refractivity contribution in [2.75, 3.05) is 18.1 Å². The molecular formula is C12H22O2S. The van der Waals surface area contributed by atoms with E-state index in [-0.39, 0.29) is 17.4 Å². The molecule has 2 fully saturated rings. The van der Waals surface area contributed by atoms with Crippen LogP contribution in [0.3, 0.4) is 0 Å². The minimum atomic E-state index is -0.591. The van der Waals surface area contributed by atoms with Crippen LogP contribution in [0.15, 0.2) is 0 Å². The molecule has 0 spiro atoms. The molecule has 2 nitrogen and oxygen atoms in total. The van der Waals surface area contributed by atoms with Crippen LogP contribution in [0.1, 0.15) is 39.5 Å². The van der Waals surface area contributed by atoms with Crippen molar-refractivity contribution in [1.29, 1.82) is 0 Å². The van der Waals surface area contributed by atoms with Gasteiger partial charge < -0.3 is 10.2 Å². The SMILES string of the molecule is CC1(C)CC(O)(C2(CO)CCSCC2)C1. The van der Waals surface area contributed by atoms with E-state index in [1.165, 1.54) is 0 Å². The highest BCUT2D eigenvalue weighted by molar-refractivity contribution is 7.99. The quantitative estimate of drug-likeness (QED) is 0.762. The van der Waals surface area contributed by atoms with Crippen LogP contribution in [0.4, 0.5) is 0 Å². The van der Waals surface area contributed by atoms with E-state index < -0.39 is 5.60 Å². The number of rotatable bonds is 2. The van der Waals surface area contributed by atoms with Crippen LogP contribution in [0.5, 0.6) is 0 Å². The normalized spacial score (nSPS) is 32.0. The molecule has 0 amide bonds. The molecule has 1 saturated carbocycles. The van der Waals surface area contributed by atoms with Crippen LogP contribution in [0.2, 0.25) is 0 Å². The molecule has 2 aliphatic rings. The van der Waals surface area contributed by atoms with E-state index in [1.807, 2.05) is 11.8 Å². The van der Waals surface area contributed by atoms with E-state index in [0.717, 1.165) is 37.2 Å². The Kier molecular flexibility index (Phi) is 2.85.